The van der Waals surface area contributed by atoms with E-state index in [-0.39, 0.29) is 5.82 Å². The molecular weight excluding hydrogens is 169 g/mol. The Balaban J connectivity index is 1.98. The lowest BCUT2D eigenvalue weighted by atomic mass is 10.3. The number of rotatable bonds is 3. The first-order valence-electron chi connectivity index (χ1n) is 4.51. The predicted octanol–water partition coefficient (Wildman–Crippen LogP) is 2.32. The molecule has 1 aliphatic rings. The van der Waals surface area contributed by atoms with E-state index in [9.17, 15) is 4.39 Å². The van der Waals surface area contributed by atoms with Gasteiger partial charge < -0.3 is 4.74 Å². The van der Waals surface area contributed by atoms with Crippen molar-refractivity contribution in [1.29, 1.82) is 0 Å². The molecule has 1 aromatic rings. The molecule has 70 valence electrons. The average molecular weight is 181 g/mol. The van der Waals surface area contributed by atoms with Crippen LogP contribution >= 0.6 is 0 Å². The molecule has 13 heavy (non-hydrogen) atoms. The van der Waals surface area contributed by atoms with Gasteiger partial charge >= 0.3 is 0 Å². The molecule has 0 aromatic carbocycles. The van der Waals surface area contributed by atoms with Crippen molar-refractivity contribution >= 4 is 0 Å². The fourth-order valence-corrected chi connectivity index (χ4v) is 1.09. The fourth-order valence-electron chi connectivity index (χ4n) is 1.09. The Morgan fingerprint density at radius 3 is 2.92 bits per heavy atom. The van der Waals surface area contributed by atoms with E-state index in [1.165, 1.54) is 18.9 Å². The molecule has 0 atom stereocenters. The maximum Gasteiger partial charge on any atom is 0.213 e. The van der Waals surface area contributed by atoms with Crippen molar-refractivity contribution in [1.82, 2.24) is 4.98 Å². The molecule has 1 aliphatic carbocycles. The summed E-state index contributed by atoms with van der Waals surface area (Å²) in [5.74, 6) is 0.955. The van der Waals surface area contributed by atoms with Gasteiger partial charge in [0.1, 0.15) is 5.82 Å². The Hall–Kier alpha value is -1.12. The maximum absolute atomic E-state index is 12.8. The van der Waals surface area contributed by atoms with Crippen LogP contribution in [0.15, 0.2) is 12.1 Å². The van der Waals surface area contributed by atoms with Crippen molar-refractivity contribution in [2.75, 3.05) is 6.61 Å². The number of nitrogens with zero attached hydrogens (tertiary/aromatic N) is 1. The SMILES string of the molecule is Cc1nc(OCC2CC2)ccc1F. The molecule has 0 radical (unpaired) electrons. The topological polar surface area (TPSA) is 22.1 Å². The third-order valence-electron chi connectivity index (χ3n) is 2.16. The van der Waals surface area contributed by atoms with Gasteiger partial charge in [-0.1, -0.05) is 0 Å². The van der Waals surface area contributed by atoms with Gasteiger partial charge in [0.2, 0.25) is 5.88 Å². The van der Waals surface area contributed by atoms with Gasteiger partial charge in [0.25, 0.3) is 0 Å². The van der Waals surface area contributed by atoms with Gasteiger partial charge in [-0.2, -0.15) is 0 Å². The Kier molecular flexibility index (Phi) is 2.17. The van der Waals surface area contributed by atoms with E-state index in [2.05, 4.69) is 4.98 Å². The van der Waals surface area contributed by atoms with E-state index >= 15 is 0 Å². The molecular formula is C10H12FNO. The highest BCUT2D eigenvalue weighted by Gasteiger charge is 2.22. The summed E-state index contributed by atoms with van der Waals surface area (Å²) in [6.07, 6.45) is 2.50. The number of hydrogen-bond donors (Lipinski definition) is 0. The van der Waals surface area contributed by atoms with Crippen molar-refractivity contribution in [3.8, 4) is 5.88 Å². The Bertz CT molecular complexity index is 310. The normalized spacial score (nSPS) is 15.8. The highest BCUT2D eigenvalue weighted by atomic mass is 19.1. The number of ether oxygens (including phenoxy) is 1. The van der Waals surface area contributed by atoms with Crippen LogP contribution in [0.4, 0.5) is 4.39 Å². The van der Waals surface area contributed by atoms with E-state index in [1.807, 2.05) is 0 Å². The molecule has 1 saturated carbocycles. The van der Waals surface area contributed by atoms with Crippen LogP contribution in [0.5, 0.6) is 5.88 Å². The third-order valence-corrected chi connectivity index (χ3v) is 2.16. The average Bonchev–Trinajstić information content (AvgIpc) is 2.91. The molecule has 0 unspecified atom stereocenters. The molecule has 0 aliphatic heterocycles. The zero-order valence-corrected chi connectivity index (χ0v) is 7.59. The maximum atomic E-state index is 12.8. The van der Waals surface area contributed by atoms with E-state index < -0.39 is 0 Å². The van der Waals surface area contributed by atoms with Gasteiger partial charge in [-0.05, 0) is 31.7 Å². The van der Waals surface area contributed by atoms with Crippen molar-refractivity contribution in [3.63, 3.8) is 0 Å². The van der Waals surface area contributed by atoms with Gasteiger partial charge in [-0.15, -0.1) is 0 Å². The number of halogens is 1. The molecule has 1 fully saturated rings. The van der Waals surface area contributed by atoms with Crippen molar-refractivity contribution < 1.29 is 9.13 Å². The van der Waals surface area contributed by atoms with E-state index in [0.29, 0.717) is 17.5 Å². The summed E-state index contributed by atoms with van der Waals surface area (Å²) >= 11 is 0. The smallest absolute Gasteiger partial charge is 0.213 e. The second-order valence-electron chi connectivity index (χ2n) is 3.47. The first kappa shape index (κ1) is 8.48. The quantitative estimate of drug-likeness (QED) is 0.713. The summed E-state index contributed by atoms with van der Waals surface area (Å²) in [5.41, 5.74) is 0.397. The van der Waals surface area contributed by atoms with Gasteiger partial charge in [0.15, 0.2) is 0 Å². The molecule has 0 bridgehead atoms. The molecule has 0 saturated heterocycles. The Labute approximate surface area is 76.7 Å². The van der Waals surface area contributed by atoms with E-state index in [1.54, 1.807) is 13.0 Å². The highest BCUT2D eigenvalue weighted by Crippen LogP contribution is 2.29. The first-order chi connectivity index (χ1) is 6.25. The molecule has 0 amide bonds. The predicted molar refractivity (Wildman–Crippen MR) is 47.2 cm³/mol. The molecule has 1 heterocycles. The minimum absolute atomic E-state index is 0.279. The largest absolute Gasteiger partial charge is 0.477 e. The van der Waals surface area contributed by atoms with Gasteiger partial charge in [-0.3, -0.25) is 0 Å². The van der Waals surface area contributed by atoms with Crippen LogP contribution in [-0.4, -0.2) is 11.6 Å². The number of aryl methyl sites for hydroxylation is 1. The fraction of sp³-hybridized carbons (Fsp3) is 0.500. The lowest BCUT2D eigenvalue weighted by molar-refractivity contribution is 0.287. The minimum Gasteiger partial charge on any atom is -0.477 e. The van der Waals surface area contributed by atoms with Crippen molar-refractivity contribution in [3.05, 3.63) is 23.6 Å². The summed E-state index contributed by atoms with van der Waals surface area (Å²) in [6, 6.07) is 2.97. The minimum atomic E-state index is -0.279. The Morgan fingerprint density at radius 1 is 1.54 bits per heavy atom. The molecule has 1 aromatic heterocycles. The van der Waals surface area contributed by atoms with Crippen LogP contribution in [0.1, 0.15) is 18.5 Å². The van der Waals surface area contributed by atoms with Crippen LogP contribution in [-0.2, 0) is 0 Å². The lowest BCUT2D eigenvalue weighted by Crippen LogP contribution is -2.01. The van der Waals surface area contributed by atoms with E-state index in [4.69, 9.17) is 4.74 Å². The van der Waals surface area contributed by atoms with Gasteiger partial charge in [-0.25, -0.2) is 9.37 Å². The number of pyridine rings is 1. The lowest BCUT2D eigenvalue weighted by Gasteiger charge is -2.04. The molecule has 2 nitrogen and oxygen atoms in total. The second kappa shape index (κ2) is 3.32. The van der Waals surface area contributed by atoms with Crippen LogP contribution in [0.25, 0.3) is 0 Å². The number of aromatic nitrogens is 1. The van der Waals surface area contributed by atoms with Crippen LogP contribution in [0.3, 0.4) is 0 Å². The van der Waals surface area contributed by atoms with Crippen LogP contribution in [0.2, 0.25) is 0 Å². The van der Waals surface area contributed by atoms with E-state index in [0.717, 1.165) is 6.61 Å². The zero-order chi connectivity index (χ0) is 9.26. The monoisotopic (exact) mass is 181 g/mol. The summed E-state index contributed by atoms with van der Waals surface area (Å²) in [7, 11) is 0. The summed E-state index contributed by atoms with van der Waals surface area (Å²) in [4.78, 5) is 3.98. The molecule has 3 heteroatoms. The van der Waals surface area contributed by atoms with Crippen LogP contribution < -0.4 is 4.74 Å². The number of hydrogen-bond acceptors (Lipinski definition) is 2. The van der Waals surface area contributed by atoms with Crippen molar-refractivity contribution in [2.24, 2.45) is 5.92 Å². The van der Waals surface area contributed by atoms with Gasteiger partial charge in [0, 0.05) is 6.07 Å². The molecule has 2 rings (SSSR count). The standard InChI is InChI=1S/C10H12FNO/c1-7-9(11)4-5-10(12-7)13-6-8-2-3-8/h4-5,8H,2-3,6H2,1H3. The summed E-state index contributed by atoms with van der Waals surface area (Å²) < 4.78 is 18.2. The highest BCUT2D eigenvalue weighted by molar-refractivity contribution is 5.16. The summed E-state index contributed by atoms with van der Waals surface area (Å²) in [5, 5.41) is 0. The molecule has 0 spiro atoms. The second-order valence-corrected chi connectivity index (χ2v) is 3.47. The molecule has 0 N–H and O–H groups in total. The Morgan fingerprint density at radius 2 is 2.31 bits per heavy atom. The summed E-state index contributed by atoms with van der Waals surface area (Å²) in [6.45, 7) is 2.36. The van der Waals surface area contributed by atoms with Crippen LogP contribution in [0, 0.1) is 18.7 Å². The third kappa shape index (κ3) is 2.17. The van der Waals surface area contributed by atoms with Gasteiger partial charge in [0.05, 0.1) is 12.3 Å². The zero-order valence-electron chi connectivity index (χ0n) is 7.59. The van der Waals surface area contributed by atoms with Crippen molar-refractivity contribution in [2.45, 2.75) is 19.8 Å². The first-order valence-corrected chi connectivity index (χ1v) is 4.51.